The maximum absolute atomic E-state index is 13.5. The fourth-order valence-electron chi connectivity index (χ4n) is 3.26. The molecule has 1 N–H and O–H groups in total. The van der Waals surface area contributed by atoms with Crippen LogP contribution in [0.3, 0.4) is 0 Å². The number of sulfonamides is 1. The smallest absolute Gasteiger partial charge is 0.244 e. The minimum absolute atomic E-state index is 0.0187. The maximum atomic E-state index is 13.5. The van der Waals surface area contributed by atoms with E-state index in [4.69, 9.17) is 16.3 Å². The molecule has 2 amide bonds. The van der Waals surface area contributed by atoms with Crippen molar-refractivity contribution in [3.05, 3.63) is 58.9 Å². The lowest BCUT2D eigenvalue weighted by Gasteiger charge is -2.32. The second-order valence-electron chi connectivity index (χ2n) is 8.23. The van der Waals surface area contributed by atoms with Gasteiger partial charge in [-0.05, 0) is 56.2 Å². The highest BCUT2D eigenvalue weighted by molar-refractivity contribution is 7.92. The van der Waals surface area contributed by atoms with E-state index in [0.29, 0.717) is 17.7 Å². The molecule has 0 aromatic heterocycles. The van der Waals surface area contributed by atoms with Crippen molar-refractivity contribution in [1.29, 1.82) is 0 Å². The van der Waals surface area contributed by atoms with Crippen LogP contribution < -0.4 is 14.4 Å². The van der Waals surface area contributed by atoms with E-state index in [-0.39, 0.29) is 29.2 Å². The Balaban J connectivity index is 2.40. The molecule has 2 aromatic carbocycles. The number of carbonyl (C=O) groups excluding carboxylic acids is 2. The number of anilines is 1. The number of carbonyl (C=O) groups is 2. The van der Waals surface area contributed by atoms with Gasteiger partial charge in [-0.3, -0.25) is 13.9 Å². The zero-order chi connectivity index (χ0) is 26.3. The monoisotopic (exact) mass is 527 g/mol. The Kier molecular flexibility index (Phi) is 9.91. The van der Waals surface area contributed by atoms with E-state index < -0.39 is 34.3 Å². The molecule has 0 saturated heterocycles. The molecule has 0 fully saturated rings. The summed E-state index contributed by atoms with van der Waals surface area (Å²) in [5, 5.41) is 3.02. The SMILES string of the molecule is CC[C@H](C)NC(=O)[C@H](C)N(Cc1ccc(F)cc1)C(=O)CN(c1ccc(OC)c(Cl)c1)S(C)(=O)=O. The highest BCUT2D eigenvalue weighted by atomic mass is 35.5. The highest BCUT2D eigenvalue weighted by Gasteiger charge is 2.30. The lowest BCUT2D eigenvalue weighted by Crippen LogP contribution is -2.52. The van der Waals surface area contributed by atoms with Crippen molar-refractivity contribution in [3.63, 3.8) is 0 Å². The first-order chi connectivity index (χ1) is 16.4. The van der Waals surface area contributed by atoms with E-state index in [1.165, 1.54) is 54.5 Å². The lowest BCUT2D eigenvalue weighted by atomic mass is 10.1. The molecule has 2 atom stereocenters. The van der Waals surface area contributed by atoms with Crippen LogP contribution in [0.25, 0.3) is 0 Å². The van der Waals surface area contributed by atoms with Gasteiger partial charge in [0.1, 0.15) is 24.2 Å². The number of methoxy groups -OCH3 is 1. The van der Waals surface area contributed by atoms with Crippen molar-refractivity contribution in [2.24, 2.45) is 0 Å². The number of hydrogen-bond acceptors (Lipinski definition) is 5. The summed E-state index contributed by atoms with van der Waals surface area (Å²) < 4.78 is 44.6. The summed E-state index contributed by atoms with van der Waals surface area (Å²) >= 11 is 6.17. The number of amides is 2. The molecule has 0 aliphatic heterocycles. The summed E-state index contributed by atoms with van der Waals surface area (Å²) in [6.45, 7) is 4.74. The predicted molar refractivity (Wildman–Crippen MR) is 135 cm³/mol. The van der Waals surface area contributed by atoms with Crippen LogP contribution in [-0.4, -0.2) is 57.1 Å². The van der Waals surface area contributed by atoms with E-state index in [9.17, 15) is 22.4 Å². The standard InChI is InChI=1S/C24H31ClFN3O5S/c1-6-16(2)27-24(31)17(3)28(14-18-7-9-19(26)10-8-18)23(30)15-29(35(5,32)33)20-11-12-22(34-4)21(25)13-20/h7-13,16-17H,6,14-15H2,1-5H3,(H,27,31)/t16-,17-/m0/s1. The molecule has 35 heavy (non-hydrogen) atoms. The average molecular weight is 528 g/mol. The Morgan fingerprint density at radius 3 is 2.29 bits per heavy atom. The molecule has 0 heterocycles. The predicted octanol–water partition coefficient (Wildman–Crippen LogP) is 3.59. The van der Waals surface area contributed by atoms with Gasteiger partial charge in [0.25, 0.3) is 0 Å². The Hall–Kier alpha value is -2.85. The van der Waals surface area contributed by atoms with Gasteiger partial charge in [-0.1, -0.05) is 30.7 Å². The van der Waals surface area contributed by atoms with Gasteiger partial charge in [0, 0.05) is 12.6 Å². The molecule has 0 bridgehead atoms. The number of hydrogen-bond donors (Lipinski definition) is 1. The first-order valence-corrected chi connectivity index (χ1v) is 13.3. The topological polar surface area (TPSA) is 96.0 Å². The Labute approximate surface area is 211 Å². The Bertz CT molecular complexity index is 1140. The van der Waals surface area contributed by atoms with Gasteiger partial charge in [0.15, 0.2) is 0 Å². The number of rotatable bonds is 11. The van der Waals surface area contributed by atoms with Crippen LogP contribution in [0.5, 0.6) is 5.75 Å². The van der Waals surface area contributed by atoms with E-state index in [1.807, 2.05) is 13.8 Å². The van der Waals surface area contributed by atoms with Gasteiger partial charge >= 0.3 is 0 Å². The molecule has 0 spiro atoms. The molecule has 0 radical (unpaired) electrons. The van der Waals surface area contributed by atoms with E-state index >= 15 is 0 Å². The van der Waals surface area contributed by atoms with Gasteiger partial charge in [0.2, 0.25) is 21.8 Å². The largest absolute Gasteiger partial charge is 0.495 e. The van der Waals surface area contributed by atoms with Crippen LogP contribution >= 0.6 is 11.6 Å². The number of nitrogens with one attached hydrogen (secondary N) is 1. The quantitative estimate of drug-likeness (QED) is 0.482. The van der Waals surface area contributed by atoms with Crippen LogP contribution in [-0.2, 0) is 26.2 Å². The van der Waals surface area contributed by atoms with E-state index in [2.05, 4.69) is 5.32 Å². The van der Waals surface area contributed by atoms with Crippen LogP contribution in [0.4, 0.5) is 10.1 Å². The Morgan fingerprint density at radius 2 is 1.77 bits per heavy atom. The molecule has 0 unspecified atom stereocenters. The molecule has 11 heteroatoms. The summed E-state index contributed by atoms with van der Waals surface area (Å²) in [5.74, 6) is -1.08. The number of halogens is 2. The van der Waals surface area contributed by atoms with Crippen LogP contribution in [0.15, 0.2) is 42.5 Å². The average Bonchev–Trinajstić information content (AvgIpc) is 2.80. The van der Waals surface area contributed by atoms with Gasteiger partial charge < -0.3 is 15.0 Å². The van der Waals surface area contributed by atoms with Crippen molar-refractivity contribution < 1.29 is 27.1 Å². The van der Waals surface area contributed by atoms with E-state index in [1.54, 1.807) is 6.92 Å². The van der Waals surface area contributed by atoms with Crippen molar-refractivity contribution in [2.45, 2.75) is 45.8 Å². The summed E-state index contributed by atoms with van der Waals surface area (Å²) in [7, 11) is -2.47. The third kappa shape index (κ3) is 7.83. The molecule has 0 saturated carbocycles. The van der Waals surface area contributed by atoms with E-state index in [0.717, 1.165) is 10.6 Å². The summed E-state index contributed by atoms with van der Waals surface area (Å²) in [5.41, 5.74) is 0.756. The fraction of sp³-hybridized carbons (Fsp3) is 0.417. The van der Waals surface area contributed by atoms with Crippen molar-refractivity contribution in [1.82, 2.24) is 10.2 Å². The summed E-state index contributed by atoms with van der Waals surface area (Å²) in [6.07, 6.45) is 1.67. The van der Waals surface area contributed by atoms with Crippen LogP contribution in [0.1, 0.15) is 32.8 Å². The molecular formula is C24H31ClFN3O5S. The minimum Gasteiger partial charge on any atom is -0.495 e. The minimum atomic E-state index is -3.89. The molecule has 192 valence electrons. The molecule has 8 nitrogen and oxygen atoms in total. The number of nitrogens with zero attached hydrogens (tertiary/aromatic N) is 2. The van der Waals surface area contributed by atoms with Crippen LogP contribution in [0, 0.1) is 5.82 Å². The Morgan fingerprint density at radius 1 is 1.14 bits per heavy atom. The second-order valence-corrected chi connectivity index (χ2v) is 10.5. The molecule has 2 rings (SSSR count). The maximum Gasteiger partial charge on any atom is 0.244 e. The first-order valence-electron chi connectivity index (χ1n) is 11.0. The van der Waals surface area contributed by atoms with Crippen molar-refractivity contribution in [3.8, 4) is 5.75 Å². The second kappa shape index (κ2) is 12.2. The highest BCUT2D eigenvalue weighted by Crippen LogP contribution is 2.30. The lowest BCUT2D eigenvalue weighted by molar-refractivity contribution is -0.139. The number of benzene rings is 2. The van der Waals surface area contributed by atoms with Gasteiger partial charge in [-0.15, -0.1) is 0 Å². The normalized spacial score (nSPS) is 13.0. The summed E-state index contributed by atoms with van der Waals surface area (Å²) in [4.78, 5) is 27.6. The van der Waals surface area contributed by atoms with Crippen molar-refractivity contribution in [2.75, 3.05) is 24.2 Å². The van der Waals surface area contributed by atoms with Gasteiger partial charge in [-0.2, -0.15) is 0 Å². The summed E-state index contributed by atoms with van der Waals surface area (Å²) in [6, 6.07) is 8.86. The zero-order valence-electron chi connectivity index (χ0n) is 20.4. The third-order valence-corrected chi connectivity index (χ3v) is 6.97. The fourth-order valence-corrected chi connectivity index (χ4v) is 4.35. The molecule has 0 aliphatic rings. The third-order valence-electron chi connectivity index (χ3n) is 5.54. The number of ether oxygens (including phenoxy) is 1. The molecular weight excluding hydrogens is 497 g/mol. The van der Waals surface area contributed by atoms with Gasteiger partial charge in [-0.25, -0.2) is 12.8 Å². The zero-order valence-corrected chi connectivity index (χ0v) is 22.0. The molecule has 2 aromatic rings. The van der Waals surface area contributed by atoms with Crippen molar-refractivity contribution >= 4 is 39.1 Å². The van der Waals surface area contributed by atoms with Gasteiger partial charge in [0.05, 0.1) is 24.1 Å². The van der Waals surface area contributed by atoms with Crippen LogP contribution in [0.2, 0.25) is 5.02 Å². The first kappa shape index (κ1) is 28.4. The molecule has 0 aliphatic carbocycles.